The third-order valence-corrected chi connectivity index (χ3v) is 3.69. The van der Waals surface area contributed by atoms with Crippen molar-refractivity contribution in [2.45, 2.75) is 90.0 Å². The van der Waals surface area contributed by atoms with Crippen LogP contribution in [0.15, 0.2) is 0 Å². The molecule has 0 radical (unpaired) electrons. The van der Waals surface area contributed by atoms with E-state index in [9.17, 15) is 44.7 Å². The Morgan fingerprint density at radius 3 is 1.11 bits per heavy atom. The van der Waals surface area contributed by atoms with E-state index in [0.29, 0.717) is 0 Å². The van der Waals surface area contributed by atoms with E-state index in [2.05, 4.69) is 14.2 Å². The molecule has 0 aromatic heterocycles. The lowest BCUT2D eigenvalue weighted by molar-refractivity contribution is -0.179. The first-order valence-corrected chi connectivity index (χ1v) is 10.8. The molecule has 0 saturated heterocycles. The lowest BCUT2D eigenvalue weighted by Crippen LogP contribution is -2.40. The fourth-order valence-corrected chi connectivity index (χ4v) is 1.51. The summed E-state index contributed by atoms with van der Waals surface area (Å²) in [6, 6.07) is 0. The maximum atomic E-state index is 11.3. The highest BCUT2D eigenvalue weighted by molar-refractivity contribution is 5.79. The van der Waals surface area contributed by atoms with Crippen LogP contribution >= 0.6 is 0 Å². The number of aliphatic hydroxyl groups excluding tert-OH is 2. The minimum Gasteiger partial charge on any atom is -0.461 e. The molecule has 36 heavy (non-hydrogen) atoms. The molecule has 0 saturated carbocycles. The van der Waals surface area contributed by atoms with Crippen LogP contribution in [0.1, 0.15) is 55.4 Å². The molecule has 0 aromatic rings. The minimum absolute atomic E-state index is 0.402. The predicted octanol–water partition coefficient (Wildman–Crippen LogP) is -2.05. The van der Waals surface area contributed by atoms with Crippen LogP contribution in [0.3, 0.4) is 0 Å². The molecule has 0 rings (SSSR count). The average Bonchev–Trinajstić information content (AvgIpc) is 2.70. The van der Waals surface area contributed by atoms with Crippen molar-refractivity contribution in [2.24, 2.45) is 0 Å². The van der Waals surface area contributed by atoms with Gasteiger partial charge in [0.1, 0.15) is 25.9 Å². The van der Waals surface area contributed by atoms with E-state index >= 15 is 0 Å². The first-order chi connectivity index (χ1) is 15.9. The molecule has 14 heteroatoms. The summed E-state index contributed by atoms with van der Waals surface area (Å²) in [4.78, 5) is 44.8. The number of hydrogen-bond acceptors (Lipinski definition) is 14. The fraction of sp³-hybridized carbons (Fsp3) is 0.818. The van der Waals surface area contributed by atoms with Crippen molar-refractivity contribution in [3.8, 4) is 0 Å². The normalized spacial score (nSPS) is 13.2. The highest BCUT2D eigenvalue weighted by Crippen LogP contribution is 2.09. The lowest BCUT2D eigenvalue weighted by Gasteiger charge is -2.22. The predicted molar refractivity (Wildman–Crippen MR) is 121 cm³/mol. The Balaban J connectivity index is 0. The second kappa shape index (κ2) is 14.4. The molecule has 0 heterocycles. The summed E-state index contributed by atoms with van der Waals surface area (Å²) in [7, 11) is 0. The van der Waals surface area contributed by atoms with E-state index in [1.807, 2.05) is 0 Å². The van der Waals surface area contributed by atoms with Crippen LogP contribution in [0.4, 0.5) is 0 Å². The number of carbonyl (C=O) groups is 4. The third kappa shape index (κ3) is 16.3. The molecule has 0 fully saturated rings. The van der Waals surface area contributed by atoms with Crippen molar-refractivity contribution in [3.05, 3.63) is 0 Å². The van der Waals surface area contributed by atoms with Gasteiger partial charge in [-0.15, -0.1) is 0 Å². The van der Waals surface area contributed by atoms with Crippen molar-refractivity contribution in [1.29, 1.82) is 0 Å². The van der Waals surface area contributed by atoms with Crippen LogP contribution in [-0.2, 0) is 38.1 Å². The maximum Gasteiger partial charge on any atom is 0.338 e. The van der Waals surface area contributed by atoms with Gasteiger partial charge in [-0.25, -0.2) is 19.2 Å². The number of rotatable bonds is 12. The van der Waals surface area contributed by atoms with Gasteiger partial charge in [-0.1, -0.05) is 0 Å². The monoisotopic (exact) mass is 528 g/mol. The van der Waals surface area contributed by atoms with Gasteiger partial charge in [-0.3, -0.25) is 0 Å². The summed E-state index contributed by atoms with van der Waals surface area (Å²) in [5, 5.41) is 55.4. The number of hydrogen-bond donors (Lipinski definition) is 6. The molecule has 1 unspecified atom stereocenters. The summed E-state index contributed by atoms with van der Waals surface area (Å²) < 4.78 is 18.6. The molecule has 0 amide bonds. The van der Waals surface area contributed by atoms with Gasteiger partial charge in [0.2, 0.25) is 0 Å². The van der Waals surface area contributed by atoms with E-state index < -0.39 is 84.9 Å². The Morgan fingerprint density at radius 2 is 0.861 bits per heavy atom. The van der Waals surface area contributed by atoms with Gasteiger partial charge in [-0.2, -0.15) is 0 Å². The van der Waals surface area contributed by atoms with Crippen LogP contribution in [0.25, 0.3) is 0 Å². The zero-order valence-corrected chi connectivity index (χ0v) is 21.9. The second-order valence-electron chi connectivity index (χ2n) is 9.90. The molecule has 1 atom stereocenters. The zero-order valence-electron chi connectivity index (χ0n) is 21.9. The molecule has 0 aliphatic carbocycles. The van der Waals surface area contributed by atoms with Gasteiger partial charge in [0.25, 0.3) is 0 Å². The summed E-state index contributed by atoms with van der Waals surface area (Å²) in [5.74, 6) is -3.63. The first-order valence-electron chi connectivity index (χ1n) is 10.8. The average molecular weight is 529 g/mol. The van der Waals surface area contributed by atoms with Gasteiger partial charge in [-0.05, 0) is 55.4 Å². The van der Waals surface area contributed by atoms with Crippen LogP contribution in [0.2, 0.25) is 0 Å². The molecule has 6 N–H and O–H groups in total. The van der Waals surface area contributed by atoms with Crippen LogP contribution in [0, 0.1) is 0 Å². The summed E-state index contributed by atoms with van der Waals surface area (Å²) in [6.45, 7) is 8.13. The Kier molecular flexibility index (Phi) is 14.3. The maximum absolute atomic E-state index is 11.3. The van der Waals surface area contributed by atoms with Crippen molar-refractivity contribution in [3.63, 3.8) is 0 Å². The van der Waals surface area contributed by atoms with E-state index in [1.54, 1.807) is 0 Å². The standard InChI is InChI=1S/2C11H20O7/c1-10(2,15)8(13)17-5-7(12)6-18-9(14)11(3,4)16;1-10(2,15)8(13)17-6-7(5-12)18-9(14)11(3,4)16/h2*7,12,15-16H,5-6H2,1-4H3. The van der Waals surface area contributed by atoms with Gasteiger partial charge in [0, 0.05) is 0 Å². The van der Waals surface area contributed by atoms with Crippen LogP contribution < -0.4 is 0 Å². The Labute approximate surface area is 209 Å². The largest absolute Gasteiger partial charge is 0.461 e. The Hall–Kier alpha value is -2.36. The highest BCUT2D eigenvalue weighted by Gasteiger charge is 2.31. The van der Waals surface area contributed by atoms with E-state index in [0.717, 1.165) is 0 Å². The van der Waals surface area contributed by atoms with E-state index in [1.165, 1.54) is 55.4 Å². The molecular weight excluding hydrogens is 488 g/mol. The lowest BCUT2D eigenvalue weighted by atomic mass is 10.1. The number of aliphatic hydroxyl groups is 6. The summed E-state index contributed by atoms with van der Waals surface area (Å²) in [6.07, 6.45) is -2.31. The third-order valence-electron chi connectivity index (χ3n) is 3.69. The zero-order chi connectivity index (χ0) is 29.1. The molecule has 0 aliphatic heterocycles. The molecule has 0 aliphatic rings. The van der Waals surface area contributed by atoms with Crippen LogP contribution in [-0.4, -0.2) is 116 Å². The second-order valence-corrected chi connectivity index (χ2v) is 9.90. The van der Waals surface area contributed by atoms with Crippen molar-refractivity contribution in [2.75, 3.05) is 26.4 Å². The molecule has 0 bridgehead atoms. The van der Waals surface area contributed by atoms with Crippen molar-refractivity contribution in [1.82, 2.24) is 0 Å². The van der Waals surface area contributed by atoms with Gasteiger partial charge < -0.3 is 49.6 Å². The molecule has 14 nitrogen and oxygen atoms in total. The highest BCUT2D eigenvalue weighted by atomic mass is 16.6. The van der Waals surface area contributed by atoms with Gasteiger partial charge in [0.15, 0.2) is 28.5 Å². The SMILES string of the molecule is CC(C)(O)C(=O)OCC(CO)OC(=O)C(C)(C)O.CC(C)(O)C(=O)OCC(O)COC(=O)C(C)(C)O. The number of esters is 4. The molecular formula is C22H40O14. The minimum atomic E-state index is -1.70. The first kappa shape index (κ1) is 35.8. The Morgan fingerprint density at radius 1 is 0.583 bits per heavy atom. The molecule has 0 spiro atoms. The van der Waals surface area contributed by atoms with Crippen LogP contribution in [0.5, 0.6) is 0 Å². The molecule has 212 valence electrons. The summed E-state index contributed by atoms with van der Waals surface area (Å²) in [5.41, 5.74) is -6.67. The van der Waals surface area contributed by atoms with E-state index in [4.69, 9.17) is 9.84 Å². The van der Waals surface area contributed by atoms with E-state index in [-0.39, 0.29) is 0 Å². The van der Waals surface area contributed by atoms with Crippen molar-refractivity contribution >= 4 is 23.9 Å². The smallest absolute Gasteiger partial charge is 0.338 e. The van der Waals surface area contributed by atoms with Gasteiger partial charge >= 0.3 is 23.9 Å². The quantitative estimate of drug-likeness (QED) is 0.118. The number of carbonyl (C=O) groups excluding carboxylic acids is 4. The Bertz CT molecular complexity index is 689. The molecule has 0 aromatic carbocycles. The topological polar surface area (TPSA) is 227 Å². The van der Waals surface area contributed by atoms with Gasteiger partial charge in [0.05, 0.1) is 6.61 Å². The number of ether oxygens (including phenoxy) is 4. The van der Waals surface area contributed by atoms with Crippen molar-refractivity contribution < 1.29 is 68.8 Å². The fourth-order valence-electron chi connectivity index (χ4n) is 1.51. The summed E-state index contributed by atoms with van der Waals surface area (Å²) >= 11 is 0.